The van der Waals surface area contributed by atoms with Gasteiger partial charge in [0.05, 0.1) is 0 Å². The maximum Gasteiger partial charge on any atom is 0.00842 e. The van der Waals surface area contributed by atoms with Gasteiger partial charge in [0.25, 0.3) is 0 Å². The van der Waals surface area contributed by atoms with E-state index < -0.39 is 0 Å². The summed E-state index contributed by atoms with van der Waals surface area (Å²) in [6.45, 7) is 2.46. The molecule has 15 heavy (non-hydrogen) atoms. The first-order valence-electron chi connectivity index (χ1n) is 6.09. The second-order valence-corrected chi connectivity index (χ2v) is 5.50. The minimum atomic E-state index is 0.542. The van der Waals surface area contributed by atoms with Crippen LogP contribution in [0.15, 0.2) is 42.5 Å². The van der Waals surface area contributed by atoms with Crippen LogP contribution in [-0.2, 0) is 5.41 Å². The molecule has 5 unspecified atom stereocenters. The van der Waals surface area contributed by atoms with Crippen molar-refractivity contribution in [3.63, 3.8) is 0 Å². The summed E-state index contributed by atoms with van der Waals surface area (Å²) in [5, 5.41) is 0. The van der Waals surface area contributed by atoms with Crippen LogP contribution in [0.5, 0.6) is 0 Å². The Bertz CT molecular complexity index is 431. The fourth-order valence-electron chi connectivity index (χ4n) is 4.54. The Balaban J connectivity index is 1.89. The smallest absolute Gasteiger partial charge is 0.00842 e. The van der Waals surface area contributed by atoms with Gasteiger partial charge in [0.15, 0.2) is 0 Å². The second-order valence-electron chi connectivity index (χ2n) is 5.50. The van der Waals surface area contributed by atoms with E-state index in [9.17, 15) is 0 Å². The summed E-state index contributed by atoms with van der Waals surface area (Å²) in [7, 11) is 0. The number of benzene rings is 1. The Kier molecular flexibility index (Phi) is 1.29. The fraction of sp³-hybridized carbons (Fsp3) is 0.467. The molecule has 4 aliphatic carbocycles. The van der Waals surface area contributed by atoms with Crippen molar-refractivity contribution < 1.29 is 0 Å². The number of rotatable bonds is 1. The number of allylic oxidation sites excluding steroid dienone is 2. The van der Waals surface area contributed by atoms with E-state index in [-0.39, 0.29) is 0 Å². The zero-order chi connectivity index (χ0) is 10.0. The van der Waals surface area contributed by atoms with Gasteiger partial charge in [-0.05, 0) is 35.7 Å². The summed E-state index contributed by atoms with van der Waals surface area (Å²) in [4.78, 5) is 0. The van der Waals surface area contributed by atoms with Crippen LogP contribution in [0.25, 0.3) is 0 Å². The largest absolute Gasteiger partial charge is 0.0848 e. The monoisotopic (exact) mass is 196 g/mol. The highest BCUT2D eigenvalue weighted by Gasteiger charge is 2.73. The Hall–Kier alpha value is -1.04. The maximum absolute atomic E-state index is 2.49. The normalized spacial score (nSPS) is 49.4. The Morgan fingerprint density at radius 2 is 1.93 bits per heavy atom. The Morgan fingerprint density at radius 3 is 2.53 bits per heavy atom. The van der Waals surface area contributed by atoms with Gasteiger partial charge in [0.1, 0.15) is 0 Å². The van der Waals surface area contributed by atoms with E-state index in [0.29, 0.717) is 5.41 Å². The molecule has 0 aromatic heterocycles. The zero-order valence-electron chi connectivity index (χ0n) is 9.06. The summed E-state index contributed by atoms with van der Waals surface area (Å²) < 4.78 is 0. The second kappa shape index (κ2) is 2.37. The third-order valence-electron chi connectivity index (χ3n) is 5.25. The van der Waals surface area contributed by atoms with Gasteiger partial charge < -0.3 is 0 Å². The molecule has 0 heteroatoms. The van der Waals surface area contributed by atoms with Gasteiger partial charge in [-0.25, -0.2) is 0 Å². The van der Waals surface area contributed by atoms with Gasteiger partial charge >= 0.3 is 0 Å². The summed E-state index contributed by atoms with van der Waals surface area (Å²) in [6.07, 6.45) is 6.41. The lowest BCUT2D eigenvalue weighted by atomic mass is 9.74. The van der Waals surface area contributed by atoms with E-state index in [1.165, 1.54) is 6.42 Å². The van der Waals surface area contributed by atoms with Gasteiger partial charge in [0.2, 0.25) is 0 Å². The molecule has 0 spiro atoms. The van der Waals surface area contributed by atoms with Crippen LogP contribution in [0, 0.1) is 23.7 Å². The molecule has 1 aromatic carbocycles. The molecular weight excluding hydrogens is 180 g/mol. The van der Waals surface area contributed by atoms with Crippen molar-refractivity contribution >= 4 is 0 Å². The molecule has 5 rings (SSSR count). The highest BCUT2D eigenvalue weighted by atomic mass is 14.8. The average molecular weight is 196 g/mol. The Labute approximate surface area is 91.0 Å². The van der Waals surface area contributed by atoms with Crippen molar-refractivity contribution in [2.24, 2.45) is 23.7 Å². The molecule has 1 aromatic rings. The lowest BCUT2D eigenvalue weighted by Gasteiger charge is -2.29. The van der Waals surface area contributed by atoms with E-state index in [1.54, 1.807) is 5.56 Å². The quantitative estimate of drug-likeness (QED) is 0.604. The maximum atomic E-state index is 2.49. The molecule has 2 fully saturated rings. The van der Waals surface area contributed by atoms with Gasteiger partial charge in [0, 0.05) is 5.41 Å². The predicted molar refractivity (Wildman–Crippen MR) is 61.5 cm³/mol. The van der Waals surface area contributed by atoms with Crippen molar-refractivity contribution in [1.29, 1.82) is 0 Å². The molecular formula is C15H16. The van der Waals surface area contributed by atoms with Gasteiger partial charge in [-0.3, -0.25) is 0 Å². The molecule has 0 saturated heterocycles. The standard InChI is InChI=1S/C15H16/c1-10-11-7-8-13-14(9-11)15(10,13)12-5-3-2-4-6-12/h2-8,10-11,13-14H,9H2,1H3. The lowest BCUT2D eigenvalue weighted by Crippen LogP contribution is -2.25. The molecule has 0 amide bonds. The van der Waals surface area contributed by atoms with Crippen LogP contribution < -0.4 is 0 Å². The zero-order valence-corrected chi connectivity index (χ0v) is 9.06. The van der Waals surface area contributed by atoms with Crippen molar-refractivity contribution in [3.8, 4) is 0 Å². The average Bonchev–Trinajstić information content (AvgIpc) is 2.91. The van der Waals surface area contributed by atoms with E-state index in [2.05, 4.69) is 49.4 Å². The van der Waals surface area contributed by atoms with Gasteiger partial charge in [-0.1, -0.05) is 49.4 Å². The fourth-order valence-corrected chi connectivity index (χ4v) is 4.54. The summed E-state index contributed by atoms with van der Waals surface area (Å²) in [5.74, 6) is 3.55. The number of hydrogen-bond donors (Lipinski definition) is 0. The van der Waals surface area contributed by atoms with Crippen molar-refractivity contribution in [2.75, 3.05) is 0 Å². The minimum absolute atomic E-state index is 0.542. The van der Waals surface area contributed by atoms with E-state index >= 15 is 0 Å². The van der Waals surface area contributed by atoms with Gasteiger partial charge in [-0.2, -0.15) is 0 Å². The molecule has 2 saturated carbocycles. The molecule has 0 nitrogen and oxygen atoms in total. The van der Waals surface area contributed by atoms with Crippen LogP contribution in [0.1, 0.15) is 18.9 Å². The molecule has 0 heterocycles. The predicted octanol–water partition coefficient (Wildman–Crippen LogP) is 3.40. The van der Waals surface area contributed by atoms with Crippen LogP contribution in [-0.4, -0.2) is 0 Å². The highest BCUT2D eigenvalue weighted by Crippen LogP contribution is 2.75. The van der Waals surface area contributed by atoms with E-state index in [4.69, 9.17) is 0 Å². The molecule has 0 aliphatic heterocycles. The van der Waals surface area contributed by atoms with Gasteiger partial charge in [-0.15, -0.1) is 0 Å². The van der Waals surface area contributed by atoms with Crippen LogP contribution in [0.2, 0.25) is 0 Å². The Morgan fingerprint density at radius 1 is 1.13 bits per heavy atom. The lowest BCUT2D eigenvalue weighted by molar-refractivity contribution is 0.351. The number of hydrogen-bond acceptors (Lipinski definition) is 0. The molecule has 4 aliphatic rings. The van der Waals surface area contributed by atoms with Crippen LogP contribution in [0.4, 0.5) is 0 Å². The van der Waals surface area contributed by atoms with Crippen LogP contribution in [0.3, 0.4) is 0 Å². The first-order chi connectivity index (χ1) is 7.35. The summed E-state index contributed by atoms with van der Waals surface area (Å²) in [5.41, 5.74) is 2.14. The first-order valence-corrected chi connectivity index (χ1v) is 6.09. The first kappa shape index (κ1) is 8.15. The molecule has 5 atom stereocenters. The van der Waals surface area contributed by atoms with Crippen LogP contribution >= 0.6 is 0 Å². The van der Waals surface area contributed by atoms with E-state index in [1.807, 2.05) is 0 Å². The molecule has 0 radical (unpaired) electrons. The topological polar surface area (TPSA) is 0 Å². The molecule has 76 valence electrons. The highest BCUT2D eigenvalue weighted by molar-refractivity contribution is 5.46. The molecule has 4 bridgehead atoms. The minimum Gasteiger partial charge on any atom is -0.0848 e. The van der Waals surface area contributed by atoms with Crippen molar-refractivity contribution in [2.45, 2.75) is 18.8 Å². The third kappa shape index (κ3) is 0.737. The van der Waals surface area contributed by atoms with E-state index in [0.717, 1.165) is 23.7 Å². The SMILES string of the molecule is CC1C2C=CC3C(C2)C13c1ccccc1. The van der Waals surface area contributed by atoms with Crippen molar-refractivity contribution in [3.05, 3.63) is 48.0 Å². The third-order valence-corrected chi connectivity index (χ3v) is 5.25. The summed E-state index contributed by atoms with van der Waals surface area (Å²) >= 11 is 0. The van der Waals surface area contributed by atoms with Crippen molar-refractivity contribution in [1.82, 2.24) is 0 Å². The summed E-state index contributed by atoms with van der Waals surface area (Å²) in [6, 6.07) is 11.2. The molecule has 0 N–H and O–H groups in total.